The van der Waals surface area contributed by atoms with Crippen LogP contribution in [0.2, 0.25) is 0 Å². The summed E-state index contributed by atoms with van der Waals surface area (Å²) in [5.41, 5.74) is -1.49. The standard InChI is InChI=1S/C10H17N3O4/c1-10(17,6-8(14)15)7-12-9(16)13(2)5-3-4-11/h17H,3,5-7H2,1-2H3,(H,12,16)(H,14,15). The molecule has 0 aromatic rings. The molecule has 0 heterocycles. The number of nitrogens with zero attached hydrogens (tertiary/aromatic N) is 2. The number of aliphatic carboxylic acids is 1. The monoisotopic (exact) mass is 243 g/mol. The first-order valence-electron chi connectivity index (χ1n) is 5.08. The highest BCUT2D eigenvalue weighted by atomic mass is 16.4. The van der Waals surface area contributed by atoms with Crippen molar-refractivity contribution in [2.45, 2.75) is 25.4 Å². The van der Waals surface area contributed by atoms with Gasteiger partial charge in [-0.05, 0) is 6.92 Å². The molecule has 1 unspecified atom stereocenters. The second-order valence-corrected chi connectivity index (χ2v) is 4.06. The second-order valence-electron chi connectivity index (χ2n) is 4.06. The van der Waals surface area contributed by atoms with Crippen LogP contribution in [0.4, 0.5) is 4.79 Å². The van der Waals surface area contributed by atoms with Crippen LogP contribution in [0.25, 0.3) is 0 Å². The molecule has 7 nitrogen and oxygen atoms in total. The molecule has 0 aliphatic rings. The molecule has 7 heteroatoms. The Kier molecular flexibility index (Phi) is 5.99. The Morgan fingerprint density at radius 2 is 2.12 bits per heavy atom. The molecular weight excluding hydrogens is 226 g/mol. The smallest absolute Gasteiger partial charge is 0.317 e. The van der Waals surface area contributed by atoms with Crippen molar-refractivity contribution in [3.8, 4) is 6.07 Å². The molecular formula is C10H17N3O4. The zero-order valence-electron chi connectivity index (χ0n) is 9.93. The molecule has 0 bridgehead atoms. The van der Waals surface area contributed by atoms with Crippen LogP contribution in [0, 0.1) is 11.3 Å². The Bertz CT molecular complexity index is 322. The van der Waals surface area contributed by atoms with E-state index in [1.807, 2.05) is 6.07 Å². The molecule has 96 valence electrons. The van der Waals surface area contributed by atoms with Crippen LogP contribution in [0.1, 0.15) is 19.8 Å². The first-order chi connectivity index (χ1) is 7.78. The van der Waals surface area contributed by atoms with Crippen molar-refractivity contribution < 1.29 is 19.8 Å². The number of urea groups is 1. The summed E-state index contributed by atoms with van der Waals surface area (Å²) < 4.78 is 0. The predicted octanol–water partition coefficient (Wildman–Crippen LogP) is -0.233. The van der Waals surface area contributed by atoms with E-state index >= 15 is 0 Å². The zero-order valence-corrected chi connectivity index (χ0v) is 9.93. The maximum absolute atomic E-state index is 11.4. The van der Waals surface area contributed by atoms with E-state index in [0.717, 1.165) is 0 Å². The molecule has 0 aliphatic heterocycles. The summed E-state index contributed by atoms with van der Waals surface area (Å²) in [6, 6.07) is 1.45. The number of hydrogen-bond donors (Lipinski definition) is 3. The van der Waals surface area contributed by atoms with Crippen molar-refractivity contribution in [3.63, 3.8) is 0 Å². The highest BCUT2D eigenvalue weighted by Gasteiger charge is 2.25. The average molecular weight is 243 g/mol. The fourth-order valence-electron chi connectivity index (χ4n) is 1.11. The summed E-state index contributed by atoms with van der Waals surface area (Å²) in [4.78, 5) is 23.1. The molecule has 0 spiro atoms. The van der Waals surface area contributed by atoms with E-state index in [4.69, 9.17) is 10.4 Å². The van der Waals surface area contributed by atoms with Gasteiger partial charge < -0.3 is 20.4 Å². The molecule has 1 atom stereocenters. The van der Waals surface area contributed by atoms with Gasteiger partial charge in [0.05, 0.1) is 24.5 Å². The molecule has 17 heavy (non-hydrogen) atoms. The van der Waals surface area contributed by atoms with Gasteiger partial charge in [0.15, 0.2) is 0 Å². The van der Waals surface area contributed by atoms with Crippen molar-refractivity contribution in [3.05, 3.63) is 0 Å². The fraction of sp³-hybridized carbons (Fsp3) is 0.700. The number of carboxylic acids is 1. The molecule has 0 saturated heterocycles. The number of aliphatic hydroxyl groups is 1. The van der Waals surface area contributed by atoms with Crippen molar-refractivity contribution in [2.75, 3.05) is 20.1 Å². The van der Waals surface area contributed by atoms with Crippen LogP contribution in [-0.2, 0) is 4.79 Å². The van der Waals surface area contributed by atoms with E-state index in [0.29, 0.717) is 0 Å². The first kappa shape index (κ1) is 15.2. The van der Waals surface area contributed by atoms with Gasteiger partial charge in [0.1, 0.15) is 0 Å². The zero-order chi connectivity index (χ0) is 13.5. The SMILES string of the molecule is CN(CCC#N)C(=O)NCC(C)(O)CC(=O)O. The van der Waals surface area contributed by atoms with Crippen LogP contribution < -0.4 is 5.32 Å². The van der Waals surface area contributed by atoms with Gasteiger partial charge in [-0.2, -0.15) is 5.26 Å². The Morgan fingerprint density at radius 1 is 1.53 bits per heavy atom. The van der Waals surface area contributed by atoms with Gasteiger partial charge in [-0.3, -0.25) is 4.79 Å². The Hall–Kier alpha value is -1.81. The normalized spacial score (nSPS) is 13.3. The van der Waals surface area contributed by atoms with Gasteiger partial charge in [0.2, 0.25) is 0 Å². The van der Waals surface area contributed by atoms with Gasteiger partial charge >= 0.3 is 12.0 Å². The van der Waals surface area contributed by atoms with Crippen molar-refractivity contribution in [1.29, 1.82) is 5.26 Å². The highest BCUT2D eigenvalue weighted by molar-refractivity contribution is 5.74. The first-order valence-corrected chi connectivity index (χ1v) is 5.08. The Morgan fingerprint density at radius 3 is 2.59 bits per heavy atom. The fourth-order valence-corrected chi connectivity index (χ4v) is 1.11. The highest BCUT2D eigenvalue weighted by Crippen LogP contribution is 2.07. The topological polar surface area (TPSA) is 114 Å². The summed E-state index contributed by atoms with van der Waals surface area (Å²) in [5.74, 6) is -1.14. The van der Waals surface area contributed by atoms with E-state index in [1.54, 1.807) is 0 Å². The van der Waals surface area contributed by atoms with Gasteiger partial charge in [0.25, 0.3) is 0 Å². The van der Waals surface area contributed by atoms with E-state index in [1.165, 1.54) is 18.9 Å². The maximum atomic E-state index is 11.4. The number of carbonyl (C=O) groups excluding carboxylic acids is 1. The third-order valence-corrected chi connectivity index (χ3v) is 2.06. The van der Waals surface area contributed by atoms with Gasteiger partial charge in [-0.15, -0.1) is 0 Å². The van der Waals surface area contributed by atoms with E-state index in [9.17, 15) is 14.7 Å². The van der Waals surface area contributed by atoms with Crippen molar-refractivity contribution in [2.24, 2.45) is 0 Å². The Labute approximate surface area is 99.6 Å². The third kappa shape index (κ3) is 7.14. The average Bonchev–Trinajstić information content (AvgIpc) is 2.20. The summed E-state index contributed by atoms with van der Waals surface area (Å²) in [5, 5.41) is 28.9. The molecule has 0 fully saturated rings. The van der Waals surface area contributed by atoms with E-state index in [-0.39, 0.29) is 19.5 Å². The quantitative estimate of drug-likeness (QED) is 0.596. The summed E-state index contributed by atoms with van der Waals surface area (Å²) >= 11 is 0. The van der Waals surface area contributed by atoms with Gasteiger partial charge in [-0.1, -0.05) is 0 Å². The second kappa shape index (κ2) is 6.70. The lowest BCUT2D eigenvalue weighted by Gasteiger charge is -2.23. The molecule has 0 rings (SSSR count). The number of rotatable bonds is 6. The molecule has 0 aliphatic carbocycles. The summed E-state index contributed by atoms with van der Waals surface area (Å²) in [6.45, 7) is 1.45. The summed E-state index contributed by atoms with van der Waals surface area (Å²) in [6.07, 6.45) is -0.232. The van der Waals surface area contributed by atoms with Gasteiger partial charge in [0, 0.05) is 20.1 Å². The van der Waals surface area contributed by atoms with E-state index < -0.39 is 24.0 Å². The number of nitrogens with one attached hydrogen (secondary N) is 1. The third-order valence-electron chi connectivity index (χ3n) is 2.06. The lowest BCUT2D eigenvalue weighted by Crippen LogP contribution is -2.46. The Balaban J connectivity index is 4.06. The molecule has 0 saturated carbocycles. The van der Waals surface area contributed by atoms with E-state index in [2.05, 4.69) is 5.32 Å². The number of carbonyl (C=O) groups is 2. The number of hydrogen-bond acceptors (Lipinski definition) is 4. The van der Waals surface area contributed by atoms with Crippen molar-refractivity contribution in [1.82, 2.24) is 10.2 Å². The maximum Gasteiger partial charge on any atom is 0.317 e. The minimum absolute atomic E-state index is 0.158. The van der Waals surface area contributed by atoms with Crippen LogP contribution >= 0.6 is 0 Å². The molecule has 0 radical (unpaired) electrons. The lowest BCUT2D eigenvalue weighted by molar-refractivity contribution is -0.141. The molecule has 2 amide bonds. The van der Waals surface area contributed by atoms with Crippen LogP contribution in [0.3, 0.4) is 0 Å². The lowest BCUT2D eigenvalue weighted by atomic mass is 10.0. The van der Waals surface area contributed by atoms with Crippen LogP contribution in [-0.4, -0.2) is 52.9 Å². The van der Waals surface area contributed by atoms with Crippen molar-refractivity contribution >= 4 is 12.0 Å². The number of nitriles is 1. The van der Waals surface area contributed by atoms with Crippen LogP contribution in [0.15, 0.2) is 0 Å². The van der Waals surface area contributed by atoms with Gasteiger partial charge in [-0.25, -0.2) is 4.79 Å². The minimum Gasteiger partial charge on any atom is -0.481 e. The predicted molar refractivity (Wildman–Crippen MR) is 59.1 cm³/mol. The molecule has 0 aromatic carbocycles. The van der Waals surface area contributed by atoms with Crippen LogP contribution in [0.5, 0.6) is 0 Å². The summed E-state index contributed by atoms with van der Waals surface area (Å²) in [7, 11) is 1.51. The minimum atomic E-state index is -1.49. The number of amides is 2. The largest absolute Gasteiger partial charge is 0.481 e. The molecule has 0 aromatic heterocycles. The molecule has 3 N–H and O–H groups in total. The number of carboxylic acid groups (broad SMARTS) is 1.